The molecule has 3 rings (SSSR count). The molecule has 5 nitrogen and oxygen atoms in total. The molecule has 2 aromatic carbocycles. The Morgan fingerprint density at radius 1 is 1.20 bits per heavy atom. The molecule has 0 radical (unpaired) electrons. The van der Waals surface area contributed by atoms with Gasteiger partial charge >= 0.3 is 0 Å². The molecule has 1 saturated heterocycles. The van der Waals surface area contributed by atoms with Crippen molar-refractivity contribution in [2.75, 3.05) is 11.4 Å². The van der Waals surface area contributed by atoms with E-state index in [0.717, 1.165) is 16.8 Å². The van der Waals surface area contributed by atoms with Crippen LogP contribution in [0.5, 0.6) is 0 Å². The van der Waals surface area contributed by atoms with Gasteiger partial charge in [-0.25, -0.2) is 0 Å². The van der Waals surface area contributed by atoms with Crippen molar-refractivity contribution in [1.29, 1.82) is 0 Å². The third kappa shape index (κ3) is 4.06. The van der Waals surface area contributed by atoms with Crippen LogP contribution in [0.2, 0.25) is 0 Å². The van der Waals surface area contributed by atoms with E-state index in [-0.39, 0.29) is 11.8 Å². The fourth-order valence-corrected chi connectivity index (χ4v) is 3.03. The van der Waals surface area contributed by atoms with E-state index in [1.807, 2.05) is 61.5 Å². The number of rotatable bonds is 5. The summed E-state index contributed by atoms with van der Waals surface area (Å²) in [6.45, 7) is 2.60. The molecule has 130 valence electrons. The normalized spacial score (nSPS) is 18.2. The maximum Gasteiger partial charge on any atom is 0.249 e. The molecule has 0 saturated carbocycles. The molecule has 25 heavy (non-hydrogen) atoms. The standard InChI is InChI=1S/C20H23N3O2/c1-14-7-9-16(10-8-14)23-12-11-18(20(23)25)22-19(24)17(21)13-15-5-3-2-4-6-15/h2-10,17-18H,11-13,21H2,1H3,(H,22,24)/t17-,18?/m0/s1. The Balaban J connectivity index is 1.58. The van der Waals surface area contributed by atoms with Gasteiger partial charge in [-0.15, -0.1) is 0 Å². The number of benzene rings is 2. The summed E-state index contributed by atoms with van der Waals surface area (Å²) in [6.07, 6.45) is 1.05. The van der Waals surface area contributed by atoms with Crippen molar-refractivity contribution in [2.24, 2.45) is 5.73 Å². The lowest BCUT2D eigenvalue weighted by Gasteiger charge is -2.19. The smallest absolute Gasteiger partial charge is 0.249 e. The Labute approximate surface area is 147 Å². The summed E-state index contributed by atoms with van der Waals surface area (Å²) in [6, 6.07) is 16.3. The molecule has 3 N–H and O–H groups in total. The molecule has 1 heterocycles. The summed E-state index contributed by atoms with van der Waals surface area (Å²) in [5, 5.41) is 2.80. The molecule has 1 aliphatic rings. The maximum absolute atomic E-state index is 12.6. The minimum absolute atomic E-state index is 0.0795. The van der Waals surface area contributed by atoms with E-state index in [2.05, 4.69) is 5.32 Å². The van der Waals surface area contributed by atoms with Crippen molar-refractivity contribution in [3.05, 3.63) is 65.7 Å². The molecule has 0 aliphatic carbocycles. The Morgan fingerprint density at radius 3 is 2.56 bits per heavy atom. The van der Waals surface area contributed by atoms with Crippen molar-refractivity contribution in [2.45, 2.75) is 31.8 Å². The highest BCUT2D eigenvalue weighted by atomic mass is 16.2. The van der Waals surface area contributed by atoms with E-state index in [4.69, 9.17) is 5.73 Å². The van der Waals surface area contributed by atoms with Gasteiger partial charge in [0.1, 0.15) is 6.04 Å². The Bertz CT molecular complexity index is 743. The lowest BCUT2D eigenvalue weighted by molar-refractivity contribution is -0.127. The fourth-order valence-electron chi connectivity index (χ4n) is 3.03. The average molecular weight is 337 g/mol. The second-order valence-corrected chi connectivity index (χ2v) is 6.47. The Morgan fingerprint density at radius 2 is 1.88 bits per heavy atom. The first kappa shape index (κ1) is 17.2. The van der Waals surface area contributed by atoms with E-state index in [9.17, 15) is 9.59 Å². The number of aryl methyl sites for hydroxylation is 1. The zero-order valence-corrected chi connectivity index (χ0v) is 14.3. The molecular formula is C20H23N3O2. The van der Waals surface area contributed by atoms with Crippen LogP contribution in [0.15, 0.2) is 54.6 Å². The van der Waals surface area contributed by atoms with Crippen LogP contribution in [0, 0.1) is 6.92 Å². The average Bonchev–Trinajstić information content (AvgIpc) is 2.97. The number of carbonyl (C=O) groups excluding carboxylic acids is 2. The molecule has 5 heteroatoms. The van der Waals surface area contributed by atoms with Gasteiger partial charge < -0.3 is 16.0 Å². The van der Waals surface area contributed by atoms with E-state index in [1.165, 1.54) is 0 Å². The Hall–Kier alpha value is -2.66. The molecule has 1 unspecified atom stereocenters. The molecule has 0 aromatic heterocycles. The number of nitrogens with two attached hydrogens (primary N) is 1. The van der Waals surface area contributed by atoms with Gasteiger partial charge in [-0.3, -0.25) is 9.59 Å². The monoisotopic (exact) mass is 337 g/mol. The summed E-state index contributed by atoms with van der Waals surface area (Å²) in [4.78, 5) is 26.6. The molecule has 1 aliphatic heterocycles. The maximum atomic E-state index is 12.6. The number of nitrogens with one attached hydrogen (secondary N) is 1. The third-order valence-electron chi connectivity index (χ3n) is 4.50. The van der Waals surface area contributed by atoms with Crippen LogP contribution in [0.4, 0.5) is 5.69 Å². The van der Waals surface area contributed by atoms with Gasteiger partial charge in [0, 0.05) is 12.2 Å². The summed E-state index contributed by atoms with van der Waals surface area (Å²) < 4.78 is 0. The highest BCUT2D eigenvalue weighted by Crippen LogP contribution is 2.22. The first-order chi connectivity index (χ1) is 12.0. The number of carbonyl (C=O) groups is 2. The minimum atomic E-state index is -0.663. The van der Waals surface area contributed by atoms with Crippen molar-refractivity contribution >= 4 is 17.5 Å². The summed E-state index contributed by atoms with van der Waals surface area (Å²) in [5.41, 5.74) is 9.01. The highest BCUT2D eigenvalue weighted by Gasteiger charge is 2.34. The molecule has 2 aromatic rings. The highest BCUT2D eigenvalue weighted by molar-refractivity contribution is 6.01. The van der Waals surface area contributed by atoms with Crippen LogP contribution in [-0.4, -0.2) is 30.4 Å². The zero-order chi connectivity index (χ0) is 17.8. The van der Waals surface area contributed by atoms with Gasteiger partial charge in [0.05, 0.1) is 6.04 Å². The van der Waals surface area contributed by atoms with Gasteiger partial charge in [-0.1, -0.05) is 48.0 Å². The van der Waals surface area contributed by atoms with E-state index < -0.39 is 12.1 Å². The predicted molar refractivity (Wildman–Crippen MR) is 98.2 cm³/mol. The van der Waals surface area contributed by atoms with Crippen molar-refractivity contribution in [1.82, 2.24) is 5.32 Å². The SMILES string of the molecule is Cc1ccc(N2CCC(NC(=O)[C@@H](N)Cc3ccccc3)C2=O)cc1. The lowest BCUT2D eigenvalue weighted by atomic mass is 10.1. The fraction of sp³-hybridized carbons (Fsp3) is 0.300. The number of amides is 2. The van der Waals surface area contributed by atoms with Crippen molar-refractivity contribution in [3.8, 4) is 0 Å². The predicted octanol–water partition coefficient (Wildman–Crippen LogP) is 1.79. The van der Waals surface area contributed by atoms with Crippen LogP contribution < -0.4 is 16.0 Å². The zero-order valence-electron chi connectivity index (χ0n) is 14.3. The van der Waals surface area contributed by atoms with Crippen molar-refractivity contribution in [3.63, 3.8) is 0 Å². The largest absolute Gasteiger partial charge is 0.343 e. The number of hydrogen-bond acceptors (Lipinski definition) is 3. The van der Waals surface area contributed by atoms with E-state index in [1.54, 1.807) is 4.90 Å². The molecule has 0 bridgehead atoms. The summed E-state index contributed by atoms with van der Waals surface area (Å²) in [5.74, 6) is -0.364. The number of nitrogens with zero attached hydrogens (tertiary/aromatic N) is 1. The second kappa shape index (κ2) is 7.49. The van der Waals surface area contributed by atoms with Crippen LogP contribution >= 0.6 is 0 Å². The van der Waals surface area contributed by atoms with Crippen LogP contribution in [0.3, 0.4) is 0 Å². The topological polar surface area (TPSA) is 75.4 Å². The minimum Gasteiger partial charge on any atom is -0.343 e. The van der Waals surface area contributed by atoms with Gasteiger partial charge in [-0.05, 0) is 37.5 Å². The third-order valence-corrected chi connectivity index (χ3v) is 4.50. The second-order valence-electron chi connectivity index (χ2n) is 6.47. The molecular weight excluding hydrogens is 314 g/mol. The first-order valence-corrected chi connectivity index (χ1v) is 8.52. The summed E-state index contributed by atoms with van der Waals surface area (Å²) >= 11 is 0. The molecule has 2 amide bonds. The first-order valence-electron chi connectivity index (χ1n) is 8.52. The van der Waals surface area contributed by atoms with Gasteiger partial charge in [0.25, 0.3) is 0 Å². The van der Waals surface area contributed by atoms with Crippen LogP contribution in [-0.2, 0) is 16.0 Å². The molecule has 1 fully saturated rings. The molecule has 2 atom stereocenters. The molecule has 0 spiro atoms. The van der Waals surface area contributed by atoms with Gasteiger partial charge in [0.2, 0.25) is 11.8 Å². The van der Waals surface area contributed by atoms with Crippen LogP contribution in [0.25, 0.3) is 0 Å². The van der Waals surface area contributed by atoms with E-state index >= 15 is 0 Å². The van der Waals surface area contributed by atoms with Crippen molar-refractivity contribution < 1.29 is 9.59 Å². The Kier molecular flexibility index (Phi) is 5.14. The quantitative estimate of drug-likeness (QED) is 0.873. The van der Waals surface area contributed by atoms with Crippen LogP contribution in [0.1, 0.15) is 17.5 Å². The van der Waals surface area contributed by atoms with Gasteiger partial charge in [0.15, 0.2) is 0 Å². The lowest BCUT2D eigenvalue weighted by Crippen LogP contribution is -2.49. The van der Waals surface area contributed by atoms with Gasteiger partial charge in [-0.2, -0.15) is 0 Å². The van der Waals surface area contributed by atoms with E-state index in [0.29, 0.717) is 19.4 Å². The summed E-state index contributed by atoms with van der Waals surface area (Å²) in [7, 11) is 0. The number of anilines is 1. The number of hydrogen-bond donors (Lipinski definition) is 2.